The lowest BCUT2D eigenvalue weighted by Gasteiger charge is -2.41. The van der Waals surface area contributed by atoms with Crippen LogP contribution in [-0.4, -0.2) is 81.6 Å². The van der Waals surface area contributed by atoms with Gasteiger partial charge in [0.2, 0.25) is 0 Å². The summed E-state index contributed by atoms with van der Waals surface area (Å²) < 4.78 is 35.7. The molecule has 30 heavy (non-hydrogen) atoms. The molecule has 8 unspecified atom stereocenters. The Labute approximate surface area is 171 Å². The van der Waals surface area contributed by atoms with E-state index < -0.39 is 46.9 Å². The highest BCUT2D eigenvalue weighted by Gasteiger charge is 2.68. The van der Waals surface area contributed by atoms with Crippen LogP contribution in [0, 0.1) is 0 Å². The lowest BCUT2D eigenvalue weighted by Crippen LogP contribution is -2.47. The molecule has 4 saturated heterocycles. The Morgan fingerprint density at radius 2 is 0.967 bits per heavy atom. The summed E-state index contributed by atoms with van der Waals surface area (Å²) in [5.41, 5.74) is -2.94. The molecule has 2 N–H and O–H groups in total. The lowest BCUT2D eigenvalue weighted by molar-refractivity contribution is -0.269. The zero-order valence-corrected chi connectivity index (χ0v) is 16.3. The second-order valence-corrected chi connectivity index (χ2v) is 10.1. The Balaban J connectivity index is 1.06. The van der Waals surface area contributed by atoms with Gasteiger partial charge in [0.05, 0.1) is 12.2 Å². The second kappa shape index (κ2) is 5.36. The summed E-state index contributed by atoms with van der Waals surface area (Å²) in [6, 6.07) is 0. The van der Waals surface area contributed by atoms with Crippen molar-refractivity contribution in [3.8, 4) is 0 Å². The van der Waals surface area contributed by atoms with E-state index in [0.29, 0.717) is 25.7 Å². The van der Waals surface area contributed by atoms with Crippen LogP contribution in [0.3, 0.4) is 0 Å². The van der Waals surface area contributed by atoms with Crippen LogP contribution >= 0.6 is 0 Å². The molecule has 164 valence electrons. The Bertz CT molecular complexity index is 767. The predicted molar refractivity (Wildman–Crippen MR) is 91.5 cm³/mol. The molecule has 0 aromatic carbocycles. The first-order valence-corrected chi connectivity index (χ1v) is 10.8. The monoisotopic (exact) mass is 424 g/mol. The van der Waals surface area contributed by atoms with Crippen LogP contribution in [0.4, 0.5) is 0 Å². The number of rotatable bonds is 0. The van der Waals surface area contributed by atoms with Crippen LogP contribution < -0.4 is 0 Å². The van der Waals surface area contributed by atoms with E-state index in [1.54, 1.807) is 0 Å². The van der Waals surface area contributed by atoms with Gasteiger partial charge >= 0.3 is 11.9 Å². The van der Waals surface area contributed by atoms with Gasteiger partial charge in [0.1, 0.15) is 24.4 Å². The standard InChI is InChI=1S/C20H24O10/c21-15-17(23)5-9(25-15)13-11(7-17)27-19(29-13)1-2-20(4-3-19)28-12-8-18(24)6-10(14(12)30-20)26-16(18)22/h9-14,23-24H,1-8H2. The van der Waals surface area contributed by atoms with Crippen LogP contribution in [-0.2, 0) is 38.0 Å². The van der Waals surface area contributed by atoms with Crippen molar-refractivity contribution in [3.63, 3.8) is 0 Å². The van der Waals surface area contributed by atoms with Gasteiger partial charge < -0.3 is 38.6 Å². The van der Waals surface area contributed by atoms with Gasteiger partial charge in [0.25, 0.3) is 0 Å². The van der Waals surface area contributed by atoms with Crippen molar-refractivity contribution in [2.75, 3.05) is 0 Å². The molecular formula is C20H24O10. The van der Waals surface area contributed by atoms with E-state index in [-0.39, 0.29) is 50.1 Å². The van der Waals surface area contributed by atoms with Crippen molar-refractivity contribution in [2.24, 2.45) is 0 Å². The molecule has 0 amide bonds. The summed E-state index contributed by atoms with van der Waals surface area (Å²) in [4.78, 5) is 23.8. The zero-order valence-electron chi connectivity index (χ0n) is 16.3. The molecule has 8 atom stereocenters. The van der Waals surface area contributed by atoms with Crippen molar-refractivity contribution < 1.29 is 48.2 Å². The minimum Gasteiger partial charge on any atom is -0.457 e. The third-order valence-electron chi connectivity index (χ3n) is 8.11. The number of carbonyl (C=O) groups is 2. The molecule has 2 spiro atoms. The van der Waals surface area contributed by atoms with E-state index in [1.165, 1.54) is 0 Å². The van der Waals surface area contributed by atoms with E-state index in [0.717, 1.165) is 0 Å². The highest BCUT2D eigenvalue weighted by Crippen LogP contribution is 2.55. The molecule has 3 saturated carbocycles. The van der Waals surface area contributed by atoms with Crippen LogP contribution in [0.5, 0.6) is 0 Å². The molecule has 7 aliphatic rings. The Kier molecular flexibility index (Phi) is 3.27. The van der Waals surface area contributed by atoms with Crippen LogP contribution in [0.1, 0.15) is 51.4 Å². The fourth-order valence-electron chi connectivity index (χ4n) is 6.59. The second-order valence-electron chi connectivity index (χ2n) is 10.1. The fraction of sp³-hybridized carbons (Fsp3) is 0.900. The van der Waals surface area contributed by atoms with Gasteiger partial charge in [0, 0.05) is 51.4 Å². The average molecular weight is 424 g/mol. The minimum atomic E-state index is -1.47. The molecule has 0 aromatic rings. The van der Waals surface area contributed by atoms with Gasteiger partial charge in [-0.2, -0.15) is 0 Å². The van der Waals surface area contributed by atoms with E-state index in [1.807, 2.05) is 0 Å². The SMILES string of the molecule is O=C1OC2CC1(O)CC1OC3(CCC4(CC3)OC3CC5(O)CC(OC5=O)C3O4)OC21. The average Bonchev–Trinajstić information content (AvgIpc) is 3.35. The smallest absolute Gasteiger partial charge is 0.338 e. The summed E-state index contributed by atoms with van der Waals surface area (Å²) in [5, 5.41) is 21.0. The van der Waals surface area contributed by atoms with Crippen LogP contribution in [0.25, 0.3) is 0 Å². The van der Waals surface area contributed by atoms with E-state index >= 15 is 0 Å². The van der Waals surface area contributed by atoms with Gasteiger partial charge in [-0.3, -0.25) is 0 Å². The van der Waals surface area contributed by atoms with Gasteiger partial charge in [-0.15, -0.1) is 0 Å². The van der Waals surface area contributed by atoms with Crippen molar-refractivity contribution in [3.05, 3.63) is 0 Å². The van der Waals surface area contributed by atoms with Crippen LogP contribution in [0.2, 0.25) is 0 Å². The number of esters is 2. The topological polar surface area (TPSA) is 130 Å². The highest BCUT2D eigenvalue weighted by molar-refractivity contribution is 5.82. The summed E-state index contributed by atoms with van der Waals surface area (Å²) >= 11 is 0. The van der Waals surface area contributed by atoms with E-state index in [2.05, 4.69) is 0 Å². The fourth-order valence-corrected chi connectivity index (χ4v) is 6.59. The summed E-state index contributed by atoms with van der Waals surface area (Å²) in [7, 11) is 0. The molecule has 10 nitrogen and oxygen atoms in total. The molecule has 10 heteroatoms. The van der Waals surface area contributed by atoms with Gasteiger partial charge in [-0.25, -0.2) is 9.59 Å². The minimum absolute atomic E-state index is 0.183. The highest BCUT2D eigenvalue weighted by atomic mass is 16.8. The van der Waals surface area contributed by atoms with Crippen molar-refractivity contribution in [2.45, 2.75) is 111 Å². The van der Waals surface area contributed by atoms with Crippen LogP contribution in [0.15, 0.2) is 0 Å². The third-order valence-corrected chi connectivity index (χ3v) is 8.11. The van der Waals surface area contributed by atoms with E-state index in [9.17, 15) is 19.8 Å². The maximum absolute atomic E-state index is 11.9. The number of carbonyl (C=O) groups excluding carboxylic acids is 2. The molecule has 0 radical (unpaired) electrons. The number of aliphatic hydroxyl groups is 2. The van der Waals surface area contributed by atoms with E-state index in [4.69, 9.17) is 28.4 Å². The quantitative estimate of drug-likeness (QED) is 0.487. The molecule has 4 aliphatic heterocycles. The Morgan fingerprint density at radius 3 is 1.37 bits per heavy atom. The number of hydrogen-bond acceptors (Lipinski definition) is 10. The largest absolute Gasteiger partial charge is 0.457 e. The molecule has 4 heterocycles. The maximum atomic E-state index is 11.9. The lowest BCUT2D eigenvalue weighted by atomic mass is 9.82. The molecule has 7 rings (SSSR count). The van der Waals surface area contributed by atoms with Gasteiger partial charge in [0.15, 0.2) is 22.8 Å². The zero-order chi connectivity index (χ0) is 20.5. The molecule has 3 aliphatic carbocycles. The first-order chi connectivity index (χ1) is 14.2. The molecular weight excluding hydrogens is 400 g/mol. The number of ether oxygens (including phenoxy) is 6. The molecule has 4 bridgehead atoms. The predicted octanol–water partition coefficient (Wildman–Crippen LogP) is -0.578. The normalized spacial score (nSPS) is 60.6. The van der Waals surface area contributed by atoms with Gasteiger partial charge in [-0.05, 0) is 0 Å². The van der Waals surface area contributed by atoms with Crippen molar-refractivity contribution in [1.29, 1.82) is 0 Å². The maximum Gasteiger partial charge on any atom is 0.338 e. The number of hydrogen-bond donors (Lipinski definition) is 2. The summed E-state index contributed by atoms with van der Waals surface area (Å²) in [6.07, 6.45) is 0.523. The molecule has 0 aromatic heterocycles. The Hall–Kier alpha value is -1.30. The summed E-state index contributed by atoms with van der Waals surface area (Å²) in [5.74, 6) is -2.79. The summed E-state index contributed by atoms with van der Waals surface area (Å²) in [6.45, 7) is 0. The third kappa shape index (κ3) is 2.24. The first-order valence-electron chi connectivity index (χ1n) is 10.8. The van der Waals surface area contributed by atoms with Gasteiger partial charge in [-0.1, -0.05) is 0 Å². The first kappa shape index (κ1) is 18.3. The van der Waals surface area contributed by atoms with Crippen molar-refractivity contribution in [1.82, 2.24) is 0 Å². The number of fused-ring (bicyclic) bond motifs is 8. The van der Waals surface area contributed by atoms with Crippen molar-refractivity contribution >= 4 is 11.9 Å². The molecule has 7 fully saturated rings. The Morgan fingerprint density at radius 1 is 0.600 bits per heavy atom.